The average Bonchev–Trinajstić information content (AvgIpc) is 2.59. The molecule has 0 bridgehead atoms. The van der Waals surface area contributed by atoms with Gasteiger partial charge in [-0.1, -0.05) is 19.7 Å². The van der Waals surface area contributed by atoms with Crippen LogP contribution in [0.1, 0.15) is 32.6 Å². The van der Waals surface area contributed by atoms with Crippen molar-refractivity contribution in [3.05, 3.63) is 0 Å². The summed E-state index contributed by atoms with van der Waals surface area (Å²) in [4.78, 5) is 33.2. The van der Waals surface area contributed by atoms with Crippen LogP contribution in [0.2, 0.25) is 0 Å². The number of hydrogen-bond donors (Lipinski definition) is 5. The quantitative estimate of drug-likeness (QED) is 0.184. The van der Waals surface area contributed by atoms with Gasteiger partial charge in [0.05, 0.1) is 19.8 Å². The second-order valence-corrected chi connectivity index (χ2v) is 5.49. The molecule has 0 heterocycles. The van der Waals surface area contributed by atoms with E-state index in [2.05, 4.69) is 28.2 Å². The summed E-state index contributed by atoms with van der Waals surface area (Å²) in [5.41, 5.74) is 0. The molecule has 0 rings (SSSR count). The molecule has 0 aromatic rings. The van der Waals surface area contributed by atoms with Crippen molar-refractivity contribution in [1.82, 2.24) is 15.4 Å². The van der Waals surface area contributed by atoms with E-state index >= 15 is 0 Å². The van der Waals surface area contributed by atoms with Crippen LogP contribution in [0, 0.1) is 0 Å². The second-order valence-electron chi connectivity index (χ2n) is 5.23. The van der Waals surface area contributed by atoms with E-state index in [0.717, 1.165) is 0 Å². The summed E-state index contributed by atoms with van der Waals surface area (Å²) in [7, 11) is 0. The van der Waals surface area contributed by atoms with E-state index < -0.39 is 12.0 Å². The number of nitrogens with one attached hydrogen (secondary N) is 3. The summed E-state index contributed by atoms with van der Waals surface area (Å²) < 4.78 is 12.8. The van der Waals surface area contributed by atoms with Gasteiger partial charge in [-0.15, -0.1) is 0 Å². The molecule has 10 heteroatoms. The topological polar surface area (TPSA) is 126 Å². The lowest BCUT2D eigenvalue weighted by molar-refractivity contribution is -0.139. The Hall–Kier alpha value is -1.36. The summed E-state index contributed by atoms with van der Waals surface area (Å²) in [6.07, 6.45) is 2.23. The minimum Gasteiger partial charge on any atom is -0.480 e. The lowest BCUT2D eigenvalue weighted by Gasteiger charge is -2.10. The van der Waals surface area contributed by atoms with E-state index in [4.69, 9.17) is 14.6 Å². The van der Waals surface area contributed by atoms with E-state index in [9.17, 15) is 14.4 Å². The summed E-state index contributed by atoms with van der Waals surface area (Å²) in [5, 5.41) is 14.2. The van der Waals surface area contributed by atoms with Crippen LogP contribution in [-0.2, 0) is 23.9 Å². The van der Waals surface area contributed by atoms with Crippen LogP contribution in [0.4, 0.5) is 0 Å². The SMILES string of the molecule is CCC(=O)NCCOCCOCC(=O)NCCCCC(NS)C(=O)O. The number of carbonyl (C=O) groups excluding carboxylic acids is 2. The highest BCUT2D eigenvalue weighted by molar-refractivity contribution is 7.78. The number of ether oxygens (including phenoxy) is 2. The van der Waals surface area contributed by atoms with Gasteiger partial charge in [-0.2, -0.15) is 0 Å². The number of aliphatic carboxylic acids is 1. The van der Waals surface area contributed by atoms with Gasteiger partial charge in [-0.05, 0) is 19.3 Å². The molecule has 9 nitrogen and oxygen atoms in total. The van der Waals surface area contributed by atoms with Crippen molar-refractivity contribution < 1.29 is 29.0 Å². The summed E-state index contributed by atoms with van der Waals surface area (Å²) in [6.45, 7) is 3.70. The van der Waals surface area contributed by atoms with E-state index in [-0.39, 0.29) is 18.4 Å². The Morgan fingerprint density at radius 2 is 1.68 bits per heavy atom. The number of hydrogen-bond acceptors (Lipinski definition) is 7. The molecule has 0 saturated heterocycles. The van der Waals surface area contributed by atoms with Crippen molar-refractivity contribution in [2.75, 3.05) is 39.5 Å². The van der Waals surface area contributed by atoms with Crippen LogP contribution in [0.15, 0.2) is 0 Å². The Morgan fingerprint density at radius 3 is 2.32 bits per heavy atom. The molecule has 1 atom stereocenters. The fourth-order valence-electron chi connectivity index (χ4n) is 1.77. The third kappa shape index (κ3) is 14.7. The van der Waals surface area contributed by atoms with Gasteiger partial charge in [-0.25, -0.2) is 0 Å². The molecular weight excluding hydrogens is 350 g/mol. The Labute approximate surface area is 153 Å². The number of rotatable bonds is 16. The number of carboxylic acid groups (broad SMARTS) is 1. The van der Waals surface area contributed by atoms with E-state index in [0.29, 0.717) is 58.6 Å². The maximum atomic E-state index is 11.5. The molecule has 1 unspecified atom stereocenters. The Balaban J connectivity index is 3.39. The van der Waals surface area contributed by atoms with Crippen molar-refractivity contribution in [2.45, 2.75) is 38.6 Å². The van der Waals surface area contributed by atoms with Gasteiger partial charge < -0.3 is 25.2 Å². The molecule has 2 amide bonds. The molecule has 0 aliphatic heterocycles. The fraction of sp³-hybridized carbons (Fsp3) is 0.800. The first kappa shape index (κ1) is 23.6. The smallest absolute Gasteiger partial charge is 0.321 e. The molecule has 0 aromatic carbocycles. The first-order chi connectivity index (χ1) is 12.0. The van der Waals surface area contributed by atoms with Crippen molar-refractivity contribution >= 4 is 30.6 Å². The fourth-order valence-corrected chi connectivity index (χ4v) is 2.01. The van der Waals surface area contributed by atoms with Crippen LogP contribution in [0.3, 0.4) is 0 Å². The first-order valence-corrected chi connectivity index (χ1v) is 8.77. The number of amides is 2. The van der Waals surface area contributed by atoms with Crippen LogP contribution in [-0.4, -0.2) is 68.4 Å². The summed E-state index contributed by atoms with van der Waals surface area (Å²) in [5.74, 6) is -1.18. The predicted molar refractivity (Wildman–Crippen MR) is 95.3 cm³/mol. The van der Waals surface area contributed by atoms with Gasteiger partial charge in [0.2, 0.25) is 11.8 Å². The lowest BCUT2D eigenvalue weighted by atomic mass is 10.1. The Kier molecular flexibility index (Phi) is 15.2. The van der Waals surface area contributed by atoms with Gasteiger partial charge in [-0.3, -0.25) is 19.1 Å². The van der Waals surface area contributed by atoms with Crippen molar-refractivity contribution in [2.24, 2.45) is 0 Å². The van der Waals surface area contributed by atoms with E-state index in [1.54, 1.807) is 6.92 Å². The second kappa shape index (κ2) is 16.1. The Bertz CT molecular complexity index is 397. The first-order valence-electron chi connectivity index (χ1n) is 8.32. The number of unbranched alkanes of at least 4 members (excludes halogenated alkanes) is 1. The van der Waals surface area contributed by atoms with Crippen LogP contribution in [0.5, 0.6) is 0 Å². The molecule has 0 aliphatic rings. The van der Waals surface area contributed by atoms with Gasteiger partial charge in [0, 0.05) is 19.5 Å². The zero-order valence-electron chi connectivity index (χ0n) is 14.6. The normalized spacial score (nSPS) is 11.8. The molecule has 0 fully saturated rings. The van der Waals surface area contributed by atoms with Gasteiger partial charge in [0.1, 0.15) is 12.6 Å². The highest BCUT2D eigenvalue weighted by atomic mass is 32.1. The standard InChI is InChI=1S/C15H29N3O6S/c1-2-13(19)17-7-8-23-9-10-24-11-14(20)16-6-4-3-5-12(18-25)15(21)22/h12,18,25H,2-11H2,1H3,(H,16,20)(H,17,19)(H,21,22). The lowest BCUT2D eigenvalue weighted by Crippen LogP contribution is -2.31. The third-order valence-electron chi connectivity index (χ3n) is 3.19. The minimum absolute atomic E-state index is 0.0168. The molecule has 146 valence electrons. The molecule has 0 saturated carbocycles. The van der Waals surface area contributed by atoms with Crippen molar-refractivity contribution in [3.8, 4) is 0 Å². The molecule has 4 N–H and O–H groups in total. The molecular formula is C15H29N3O6S. The van der Waals surface area contributed by atoms with Gasteiger partial charge in [0.25, 0.3) is 0 Å². The number of thiol groups is 1. The van der Waals surface area contributed by atoms with Gasteiger partial charge >= 0.3 is 5.97 Å². The van der Waals surface area contributed by atoms with Crippen LogP contribution < -0.4 is 15.4 Å². The summed E-state index contributed by atoms with van der Waals surface area (Å²) >= 11 is 3.75. The average molecular weight is 379 g/mol. The monoisotopic (exact) mass is 379 g/mol. The largest absolute Gasteiger partial charge is 0.480 e. The maximum absolute atomic E-state index is 11.5. The third-order valence-corrected chi connectivity index (χ3v) is 3.50. The number of carboxylic acids is 1. The molecule has 0 radical (unpaired) electrons. The highest BCUT2D eigenvalue weighted by Gasteiger charge is 2.14. The Morgan fingerprint density at radius 1 is 1.00 bits per heavy atom. The van der Waals surface area contributed by atoms with E-state index in [1.165, 1.54) is 0 Å². The zero-order valence-corrected chi connectivity index (χ0v) is 15.5. The zero-order chi connectivity index (χ0) is 18.9. The van der Waals surface area contributed by atoms with E-state index in [1.807, 2.05) is 0 Å². The van der Waals surface area contributed by atoms with Crippen molar-refractivity contribution in [3.63, 3.8) is 0 Å². The molecule has 0 spiro atoms. The van der Waals surface area contributed by atoms with Crippen molar-refractivity contribution in [1.29, 1.82) is 0 Å². The minimum atomic E-state index is -0.942. The molecule has 0 aromatic heterocycles. The van der Waals surface area contributed by atoms with Crippen LogP contribution >= 0.6 is 12.8 Å². The predicted octanol–water partition coefficient (Wildman–Crippen LogP) is -0.280. The summed E-state index contributed by atoms with van der Waals surface area (Å²) in [6, 6.07) is -0.683. The molecule has 0 aliphatic carbocycles. The number of carbonyl (C=O) groups is 3. The van der Waals surface area contributed by atoms with Gasteiger partial charge in [0.15, 0.2) is 0 Å². The highest BCUT2D eigenvalue weighted by Crippen LogP contribution is 2.01. The van der Waals surface area contributed by atoms with Crippen LogP contribution in [0.25, 0.3) is 0 Å². The molecule has 25 heavy (non-hydrogen) atoms. The maximum Gasteiger partial charge on any atom is 0.321 e.